The molecule has 0 aliphatic heterocycles. The van der Waals surface area contributed by atoms with Crippen LogP contribution in [0.25, 0.3) is 0 Å². The number of likely N-dealkylation sites (N-methyl/N-ethyl adjacent to an activating group) is 1. The van der Waals surface area contributed by atoms with E-state index in [1.54, 1.807) is 24.3 Å². The molecule has 0 aliphatic carbocycles. The van der Waals surface area contributed by atoms with Gasteiger partial charge in [-0.15, -0.1) is 0 Å². The molecule has 25 heavy (non-hydrogen) atoms. The number of hydrogen-bond donors (Lipinski definition) is 2. The smallest absolute Gasteiger partial charge is 0.337 e. The Morgan fingerprint density at radius 1 is 1.16 bits per heavy atom. The van der Waals surface area contributed by atoms with Gasteiger partial charge >= 0.3 is 5.97 Å². The van der Waals surface area contributed by atoms with E-state index in [1.165, 1.54) is 19.5 Å². The summed E-state index contributed by atoms with van der Waals surface area (Å²) in [5.74, 6) is -0.317. The topological polar surface area (TPSA) is 96.4 Å². The van der Waals surface area contributed by atoms with E-state index in [9.17, 15) is 9.59 Å². The van der Waals surface area contributed by atoms with Gasteiger partial charge in [-0.2, -0.15) is 0 Å². The zero-order valence-electron chi connectivity index (χ0n) is 14.4. The molecule has 2 N–H and O–H groups in total. The summed E-state index contributed by atoms with van der Waals surface area (Å²) in [5.41, 5.74) is 1.45. The summed E-state index contributed by atoms with van der Waals surface area (Å²) in [6, 6.07) is 6.79. The number of anilines is 2. The number of benzene rings is 1. The summed E-state index contributed by atoms with van der Waals surface area (Å²) in [4.78, 5) is 33.7. The monoisotopic (exact) mass is 343 g/mol. The van der Waals surface area contributed by atoms with Gasteiger partial charge in [0.15, 0.2) is 0 Å². The van der Waals surface area contributed by atoms with Crippen molar-refractivity contribution in [2.24, 2.45) is 0 Å². The first-order valence-corrected chi connectivity index (χ1v) is 7.70. The standard InChI is InChI=1S/C17H21N5O3/c1-22(2)8-7-18-15(23)13-10-19-17(20-11-13)21-14-6-4-5-12(9-14)16(24)25-3/h4-6,9-11H,7-8H2,1-3H3,(H,18,23)(H,19,20,21). The molecule has 2 aromatic rings. The fourth-order valence-corrected chi connectivity index (χ4v) is 1.98. The fourth-order valence-electron chi connectivity index (χ4n) is 1.98. The molecular formula is C17H21N5O3. The fraction of sp³-hybridized carbons (Fsp3) is 0.294. The minimum atomic E-state index is -0.422. The number of rotatable bonds is 7. The molecule has 1 aromatic heterocycles. The largest absolute Gasteiger partial charge is 0.465 e. The highest BCUT2D eigenvalue weighted by molar-refractivity contribution is 5.93. The van der Waals surface area contributed by atoms with Gasteiger partial charge in [-0.25, -0.2) is 14.8 Å². The Bertz CT molecular complexity index is 731. The molecule has 8 nitrogen and oxygen atoms in total. The van der Waals surface area contributed by atoms with Crippen LogP contribution in [0.15, 0.2) is 36.7 Å². The summed E-state index contributed by atoms with van der Waals surface area (Å²) in [5, 5.41) is 5.77. The molecule has 0 saturated heterocycles. The molecular weight excluding hydrogens is 322 g/mol. The van der Waals surface area contributed by atoms with Gasteiger partial charge in [0.05, 0.1) is 18.2 Å². The Hall–Kier alpha value is -3.00. The Kier molecular flexibility index (Phi) is 6.41. The van der Waals surface area contributed by atoms with E-state index in [2.05, 4.69) is 25.3 Å². The number of amides is 1. The summed E-state index contributed by atoms with van der Waals surface area (Å²) < 4.78 is 4.69. The molecule has 0 radical (unpaired) electrons. The maximum atomic E-state index is 12.0. The number of nitrogens with zero attached hydrogens (tertiary/aromatic N) is 3. The molecule has 0 atom stereocenters. The maximum absolute atomic E-state index is 12.0. The molecule has 8 heteroatoms. The van der Waals surface area contributed by atoms with Crippen LogP contribution in [0.5, 0.6) is 0 Å². The van der Waals surface area contributed by atoms with Crippen molar-refractivity contribution < 1.29 is 14.3 Å². The molecule has 132 valence electrons. The number of carbonyl (C=O) groups is 2. The van der Waals surface area contributed by atoms with Gasteiger partial charge in [0.25, 0.3) is 5.91 Å². The Balaban J connectivity index is 1.98. The van der Waals surface area contributed by atoms with Crippen molar-refractivity contribution in [1.82, 2.24) is 20.2 Å². The second kappa shape index (κ2) is 8.74. The zero-order chi connectivity index (χ0) is 18.2. The maximum Gasteiger partial charge on any atom is 0.337 e. The van der Waals surface area contributed by atoms with E-state index in [0.29, 0.717) is 29.3 Å². The number of ether oxygens (including phenoxy) is 1. The normalized spacial score (nSPS) is 10.4. The third-order valence-electron chi connectivity index (χ3n) is 3.30. The van der Waals surface area contributed by atoms with Crippen molar-refractivity contribution in [2.45, 2.75) is 0 Å². The number of hydrogen-bond acceptors (Lipinski definition) is 7. The second-order valence-corrected chi connectivity index (χ2v) is 5.55. The predicted molar refractivity (Wildman–Crippen MR) is 94.0 cm³/mol. The Morgan fingerprint density at radius 2 is 1.88 bits per heavy atom. The molecule has 1 amide bonds. The summed E-state index contributed by atoms with van der Waals surface area (Å²) in [6.45, 7) is 1.30. The molecule has 0 fully saturated rings. The lowest BCUT2D eigenvalue weighted by molar-refractivity contribution is 0.0600. The van der Waals surface area contributed by atoms with Gasteiger partial charge in [-0.05, 0) is 32.3 Å². The van der Waals surface area contributed by atoms with Crippen LogP contribution < -0.4 is 10.6 Å². The van der Waals surface area contributed by atoms with Crippen molar-refractivity contribution in [1.29, 1.82) is 0 Å². The highest BCUT2D eigenvalue weighted by Crippen LogP contribution is 2.15. The first kappa shape index (κ1) is 18.3. The first-order valence-electron chi connectivity index (χ1n) is 7.70. The molecule has 0 bridgehead atoms. The summed E-state index contributed by atoms with van der Waals surface area (Å²) in [7, 11) is 5.20. The summed E-state index contributed by atoms with van der Waals surface area (Å²) >= 11 is 0. The summed E-state index contributed by atoms with van der Waals surface area (Å²) in [6.07, 6.45) is 2.90. The minimum Gasteiger partial charge on any atom is -0.465 e. The van der Waals surface area contributed by atoms with E-state index in [1.807, 2.05) is 19.0 Å². The van der Waals surface area contributed by atoms with Gasteiger partial charge in [0.1, 0.15) is 0 Å². The average Bonchev–Trinajstić information content (AvgIpc) is 2.61. The van der Waals surface area contributed by atoms with Gasteiger partial charge < -0.3 is 20.3 Å². The second-order valence-electron chi connectivity index (χ2n) is 5.55. The van der Waals surface area contributed by atoms with Crippen LogP contribution in [-0.2, 0) is 4.74 Å². The molecule has 2 rings (SSSR count). The van der Waals surface area contributed by atoms with Crippen molar-refractivity contribution in [3.05, 3.63) is 47.8 Å². The Morgan fingerprint density at radius 3 is 2.52 bits per heavy atom. The van der Waals surface area contributed by atoms with E-state index < -0.39 is 5.97 Å². The van der Waals surface area contributed by atoms with E-state index in [4.69, 9.17) is 0 Å². The SMILES string of the molecule is COC(=O)c1cccc(Nc2ncc(C(=O)NCCN(C)C)cn2)c1. The van der Waals surface area contributed by atoms with Crippen molar-refractivity contribution in [3.63, 3.8) is 0 Å². The Labute approximate surface area is 146 Å². The lowest BCUT2D eigenvalue weighted by Gasteiger charge is -2.10. The van der Waals surface area contributed by atoms with Crippen LogP contribution in [-0.4, -0.2) is 61.0 Å². The number of aromatic nitrogens is 2. The van der Waals surface area contributed by atoms with Gasteiger partial charge in [-0.1, -0.05) is 6.07 Å². The van der Waals surface area contributed by atoms with Gasteiger partial charge in [0, 0.05) is 31.2 Å². The molecule has 0 unspecified atom stereocenters. The average molecular weight is 343 g/mol. The van der Waals surface area contributed by atoms with E-state index in [0.717, 1.165) is 6.54 Å². The minimum absolute atomic E-state index is 0.221. The third-order valence-corrected chi connectivity index (χ3v) is 3.30. The third kappa shape index (κ3) is 5.54. The zero-order valence-corrected chi connectivity index (χ0v) is 14.4. The van der Waals surface area contributed by atoms with Crippen molar-refractivity contribution in [2.75, 3.05) is 39.6 Å². The van der Waals surface area contributed by atoms with E-state index >= 15 is 0 Å². The van der Waals surface area contributed by atoms with E-state index in [-0.39, 0.29) is 5.91 Å². The first-order chi connectivity index (χ1) is 12.0. The molecule has 1 aromatic carbocycles. The van der Waals surface area contributed by atoms with Crippen molar-refractivity contribution >= 4 is 23.5 Å². The number of esters is 1. The van der Waals surface area contributed by atoms with Crippen LogP contribution in [0.3, 0.4) is 0 Å². The molecule has 1 heterocycles. The predicted octanol–water partition coefficient (Wildman–Crippen LogP) is 1.30. The molecule has 0 aliphatic rings. The van der Waals surface area contributed by atoms with Crippen LogP contribution in [0.1, 0.15) is 20.7 Å². The molecule has 0 saturated carbocycles. The lowest BCUT2D eigenvalue weighted by Crippen LogP contribution is -2.31. The molecule has 0 spiro atoms. The van der Waals surface area contributed by atoms with Crippen LogP contribution in [0.2, 0.25) is 0 Å². The van der Waals surface area contributed by atoms with Crippen LogP contribution in [0.4, 0.5) is 11.6 Å². The van der Waals surface area contributed by atoms with Gasteiger partial charge in [0.2, 0.25) is 5.95 Å². The lowest BCUT2D eigenvalue weighted by atomic mass is 10.2. The van der Waals surface area contributed by atoms with Crippen molar-refractivity contribution in [3.8, 4) is 0 Å². The van der Waals surface area contributed by atoms with Crippen LogP contribution >= 0.6 is 0 Å². The number of nitrogens with one attached hydrogen (secondary N) is 2. The quantitative estimate of drug-likeness (QED) is 0.731. The number of carbonyl (C=O) groups excluding carboxylic acids is 2. The van der Waals surface area contributed by atoms with Crippen LogP contribution in [0, 0.1) is 0 Å². The number of methoxy groups -OCH3 is 1. The highest BCUT2D eigenvalue weighted by Gasteiger charge is 2.08. The van der Waals surface area contributed by atoms with Gasteiger partial charge in [-0.3, -0.25) is 4.79 Å². The highest BCUT2D eigenvalue weighted by atomic mass is 16.5.